The Hall–Kier alpha value is -4.83. The molecule has 18 heteroatoms. The molecule has 0 bridgehead atoms. The van der Waals surface area contributed by atoms with Crippen molar-refractivity contribution in [2.45, 2.75) is 39.0 Å². The molecule has 0 aliphatic carbocycles. The maximum Gasteiger partial charge on any atom is 0.373 e. The first-order valence-corrected chi connectivity index (χ1v) is 13.6. The zero-order valence-electron chi connectivity index (χ0n) is 25.5. The molecule has 1 aliphatic heterocycles. The van der Waals surface area contributed by atoms with Crippen LogP contribution in [-0.2, 0) is 33.4 Å². The molecule has 12 nitrogen and oxygen atoms in total. The number of aliphatic hydroxyl groups is 1. The number of aliphatic hydroxyl groups excluding tert-OH is 1. The van der Waals surface area contributed by atoms with Crippen molar-refractivity contribution in [2.75, 3.05) is 33.4 Å². The predicted molar refractivity (Wildman–Crippen MR) is 147 cm³/mol. The molecule has 1 saturated heterocycles. The lowest BCUT2D eigenvalue weighted by Gasteiger charge is -2.22. The van der Waals surface area contributed by atoms with E-state index in [1.807, 2.05) is 0 Å². The Labute approximate surface area is 264 Å². The topological polar surface area (TPSA) is 179 Å². The van der Waals surface area contributed by atoms with E-state index < -0.39 is 87.5 Å². The molecule has 2 aromatic rings. The highest BCUT2D eigenvalue weighted by atomic mass is 19.2. The van der Waals surface area contributed by atoms with Crippen molar-refractivity contribution in [3.63, 3.8) is 0 Å². The Morgan fingerprint density at radius 3 is 1.81 bits per heavy atom. The fourth-order valence-corrected chi connectivity index (χ4v) is 4.62. The fraction of sp³-hybridized carbons (Fsp3) is 0.448. The van der Waals surface area contributed by atoms with Crippen LogP contribution in [-0.4, -0.2) is 67.4 Å². The number of halogens is 6. The van der Waals surface area contributed by atoms with Crippen LogP contribution in [0, 0.1) is 56.9 Å². The van der Waals surface area contributed by atoms with Crippen LogP contribution in [0.2, 0.25) is 0 Å². The highest BCUT2D eigenvalue weighted by Gasteiger charge is 2.44. The van der Waals surface area contributed by atoms with Gasteiger partial charge in [-0.25, -0.2) is 26.3 Å². The summed E-state index contributed by atoms with van der Waals surface area (Å²) >= 11 is 0. The molecule has 1 aliphatic rings. The van der Waals surface area contributed by atoms with E-state index in [0.717, 1.165) is 19.2 Å². The molecule has 3 atom stereocenters. The Bertz CT molecular complexity index is 1400. The van der Waals surface area contributed by atoms with Gasteiger partial charge in [0, 0.05) is 41.5 Å². The number of nitrogens with zero attached hydrogens (tertiary/aromatic N) is 1. The summed E-state index contributed by atoms with van der Waals surface area (Å²) < 4.78 is 91.2. The van der Waals surface area contributed by atoms with Crippen LogP contribution in [0.15, 0.2) is 24.3 Å². The summed E-state index contributed by atoms with van der Waals surface area (Å²) in [5.41, 5.74) is -1.40. The number of benzene rings is 2. The maximum atomic E-state index is 14.1. The lowest BCUT2D eigenvalue weighted by Crippen LogP contribution is -2.37. The van der Waals surface area contributed by atoms with Crippen LogP contribution in [0.5, 0.6) is 0 Å². The van der Waals surface area contributed by atoms with E-state index >= 15 is 0 Å². The average Bonchev–Trinajstić information content (AvgIpc) is 3.38. The summed E-state index contributed by atoms with van der Waals surface area (Å²) in [5.74, 6) is -15.4. The van der Waals surface area contributed by atoms with E-state index in [1.165, 1.54) is 13.8 Å². The van der Waals surface area contributed by atoms with Gasteiger partial charge in [0.15, 0.2) is 29.2 Å². The van der Waals surface area contributed by atoms with Gasteiger partial charge in [0.1, 0.15) is 11.6 Å². The van der Waals surface area contributed by atoms with E-state index in [0.29, 0.717) is 18.6 Å². The third-order valence-electron chi connectivity index (χ3n) is 6.49. The number of nitrogens with one attached hydrogen (secondary N) is 1. The number of carbonyl (C=O) groups is 3. The Kier molecular flexibility index (Phi) is 18.9. The second kappa shape index (κ2) is 21.1. The molecule has 47 heavy (non-hydrogen) atoms. The van der Waals surface area contributed by atoms with E-state index in [4.69, 9.17) is 14.7 Å². The van der Waals surface area contributed by atoms with Crippen LogP contribution in [0.3, 0.4) is 0 Å². The molecule has 260 valence electrons. The number of rotatable bonds is 10. The van der Waals surface area contributed by atoms with Gasteiger partial charge in [0.25, 0.3) is 0 Å². The molecule has 2 N–H and O–H groups in total. The molecule has 0 saturated carbocycles. The molecular weight excluding hydrogens is 650 g/mol. The summed E-state index contributed by atoms with van der Waals surface area (Å²) in [5, 5.41) is 20.5. The first-order valence-electron chi connectivity index (χ1n) is 13.6. The zero-order chi connectivity index (χ0) is 36.4. The predicted octanol–water partition coefficient (Wildman–Crippen LogP) is 3.58. The van der Waals surface area contributed by atoms with Crippen LogP contribution in [0.25, 0.3) is 0 Å². The molecule has 1 unspecified atom stereocenters. The minimum atomic E-state index is -2.02. The van der Waals surface area contributed by atoms with Gasteiger partial charge in [-0.2, -0.15) is 9.59 Å². The standard InChI is InChI=1S/C15H16F3NO6.C12H12F3NO.CO2.CH4O/c1-3-24-14(20)12(15(21)25-4-2)8(7-19(22)23)11-9(16)5-6-10(17)13(11)18;1-2-6-7(5-16-12(6)17)10-8(13)3-4-9(14)11(10)15;2-1-3;1-2/h5-6,8,12H,3-4,7H2,1-2H3;3-4,6-7H,2,5H2,1H3,(H,16,17);;2H,1H3/t8-;6?,7-;;/m01../s1. The van der Waals surface area contributed by atoms with E-state index in [-0.39, 0.29) is 37.4 Å². The highest BCUT2D eigenvalue weighted by Crippen LogP contribution is 2.35. The average molecular weight is 683 g/mol. The number of amides is 1. The third-order valence-corrected chi connectivity index (χ3v) is 6.49. The Morgan fingerprint density at radius 2 is 1.36 bits per heavy atom. The quantitative estimate of drug-likeness (QED) is 0.0940. The first kappa shape index (κ1) is 42.2. The first-order chi connectivity index (χ1) is 22.2. The van der Waals surface area contributed by atoms with Crippen molar-refractivity contribution in [3.05, 3.63) is 80.4 Å². The largest absolute Gasteiger partial charge is 0.465 e. The fourth-order valence-electron chi connectivity index (χ4n) is 4.62. The van der Waals surface area contributed by atoms with Crippen molar-refractivity contribution in [3.8, 4) is 0 Å². The molecule has 0 spiro atoms. The minimum absolute atomic E-state index is 0.147. The van der Waals surface area contributed by atoms with Crippen molar-refractivity contribution in [2.24, 2.45) is 11.8 Å². The van der Waals surface area contributed by atoms with Crippen LogP contribution >= 0.6 is 0 Å². The molecule has 0 radical (unpaired) electrons. The normalized spacial score (nSPS) is 15.3. The molecule has 1 amide bonds. The van der Waals surface area contributed by atoms with Crippen LogP contribution in [0.4, 0.5) is 26.3 Å². The second-order valence-electron chi connectivity index (χ2n) is 9.07. The summed E-state index contributed by atoms with van der Waals surface area (Å²) in [4.78, 5) is 61.8. The van der Waals surface area contributed by atoms with Gasteiger partial charge < -0.3 is 19.9 Å². The summed E-state index contributed by atoms with van der Waals surface area (Å²) in [6, 6.07) is 2.68. The highest BCUT2D eigenvalue weighted by molar-refractivity contribution is 5.96. The smallest absolute Gasteiger partial charge is 0.373 e. The number of carbonyl (C=O) groups excluding carboxylic acids is 5. The lowest BCUT2D eigenvalue weighted by molar-refractivity contribution is -0.484. The SMILES string of the molecule is CCC1C(=O)NC[C@H]1c1c(F)ccc(F)c1F.CCOC(=O)C(C(=O)OCC)[C@@H](C[N+](=O)[O-])c1c(F)ccc(F)c1F.CO.O=C=O. The van der Waals surface area contributed by atoms with Crippen molar-refractivity contribution >= 4 is 24.0 Å². The third kappa shape index (κ3) is 11.5. The molecule has 0 aromatic heterocycles. The van der Waals surface area contributed by atoms with Crippen LogP contribution in [0.1, 0.15) is 50.2 Å². The van der Waals surface area contributed by atoms with Gasteiger partial charge in [-0.05, 0) is 44.5 Å². The van der Waals surface area contributed by atoms with E-state index in [2.05, 4.69) is 14.8 Å². The molecule has 1 fully saturated rings. The number of nitro groups is 1. The van der Waals surface area contributed by atoms with E-state index in [1.54, 1.807) is 6.92 Å². The Balaban J connectivity index is 0.000000830. The molecule has 3 rings (SSSR count). The number of ether oxygens (including phenoxy) is 2. The number of esters is 2. The minimum Gasteiger partial charge on any atom is -0.465 e. The summed E-state index contributed by atoms with van der Waals surface area (Å²) in [6.45, 7) is 3.14. The molecule has 2 aromatic carbocycles. The van der Waals surface area contributed by atoms with Gasteiger partial charge in [-0.3, -0.25) is 24.5 Å². The van der Waals surface area contributed by atoms with Gasteiger partial charge >= 0.3 is 18.1 Å². The lowest BCUT2D eigenvalue weighted by atomic mass is 9.85. The van der Waals surface area contributed by atoms with Crippen molar-refractivity contribution < 1.29 is 69.8 Å². The van der Waals surface area contributed by atoms with Gasteiger partial charge in [0.2, 0.25) is 12.5 Å². The Morgan fingerprint density at radius 1 is 0.915 bits per heavy atom. The molecule has 1 heterocycles. The van der Waals surface area contributed by atoms with Gasteiger partial charge in [0.05, 0.1) is 19.1 Å². The number of hydrogen-bond donors (Lipinski definition) is 2. The number of hydrogen-bond acceptors (Lipinski definition) is 10. The summed E-state index contributed by atoms with van der Waals surface area (Å²) in [7, 11) is 1.00. The molecular formula is C29H32F6N2O10. The maximum absolute atomic E-state index is 14.1. The van der Waals surface area contributed by atoms with Crippen molar-refractivity contribution in [1.29, 1.82) is 0 Å². The second-order valence-corrected chi connectivity index (χ2v) is 9.07. The van der Waals surface area contributed by atoms with Gasteiger partial charge in [-0.1, -0.05) is 6.92 Å². The van der Waals surface area contributed by atoms with Crippen molar-refractivity contribution in [1.82, 2.24) is 5.32 Å². The zero-order valence-corrected chi connectivity index (χ0v) is 25.5. The van der Waals surface area contributed by atoms with Crippen LogP contribution < -0.4 is 5.32 Å². The van der Waals surface area contributed by atoms with Gasteiger partial charge in [-0.15, -0.1) is 0 Å². The van der Waals surface area contributed by atoms with E-state index in [9.17, 15) is 50.8 Å². The monoisotopic (exact) mass is 682 g/mol. The summed E-state index contributed by atoms with van der Waals surface area (Å²) in [6.07, 6.45) is 0.714.